The van der Waals surface area contributed by atoms with Gasteiger partial charge in [-0.3, -0.25) is 4.79 Å². The van der Waals surface area contributed by atoms with Gasteiger partial charge in [-0.2, -0.15) is 0 Å². The molecule has 1 fully saturated rings. The highest BCUT2D eigenvalue weighted by molar-refractivity contribution is 5.79. The lowest BCUT2D eigenvalue weighted by molar-refractivity contribution is -0.143. The summed E-state index contributed by atoms with van der Waals surface area (Å²) in [5.41, 5.74) is 2.25. The number of hydrogen-bond donors (Lipinski definition) is 1. The predicted octanol–water partition coefficient (Wildman–Crippen LogP) is 2.00. The first-order valence-corrected chi connectivity index (χ1v) is 6.10. The molecule has 17 heavy (non-hydrogen) atoms. The first-order valence-electron chi connectivity index (χ1n) is 6.10. The number of aryl methyl sites for hydroxylation is 1. The van der Waals surface area contributed by atoms with Gasteiger partial charge in [-0.1, -0.05) is 29.8 Å². The Balaban J connectivity index is 2.25. The molecule has 3 nitrogen and oxygen atoms in total. The molecule has 1 aromatic carbocycles. The smallest absolute Gasteiger partial charge is 0.314 e. The summed E-state index contributed by atoms with van der Waals surface area (Å²) in [6, 6.07) is 8.35. The van der Waals surface area contributed by atoms with Crippen molar-refractivity contribution in [2.24, 2.45) is 0 Å². The normalized spacial score (nSPS) is 21.2. The van der Waals surface area contributed by atoms with E-state index < -0.39 is 0 Å². The van der Waals surface area contributed by atoms with Crippen LogP contribution in [0, 0.1) is 6.92 Å². The van der Waals surface area contributed by atoms with Crippen LogP contribution in [0.3, 0.4) is 0 Å². The van der Waals surface area contributed by atoms with Crippen LogP contribution in [0.5, 0.6) is 0 Å². The number of esters is 1. The third-order valence-electron chi connectivity index (χ3n) is 3.39. The SMILES string of the molecule is COC(=O)[C@H](c1ccc(C)cc1)[C@H]1CCCN1. The first-order chi connectivity index (χ1) is 8.22. The lowest BCUT2D eigenvalue weighted by atomic mass is 9.90. The summed E-state index contributed by atoms with van der Waals surface area (Å²) in [6.45, 7) is 3.04. The van der Waals surface area contributed by atoms with Crippen molar-refractivity contribution in [3.63, 3.8) is 0 Å². The summed E-state index contributed by atoms with van der Waals surface area (Å²) in [6.07, 6.45) is 2.16. The molecule has 2 rings (SSSR count). The summed E-state index contributed by atoms with van der Waals surface area (Å²) in [5.74, 6) is -0.323. The number of carbonyl (C=O) groups is 1. The summed E-state index contributed by atoms with van der Waals surface area (Å²) in [5, 5.41) is 3.38. The topological polar surface area (TPSA) is 38.3 Å². The van der Waals surface area contributed by atoms with Crippen LogP contribution >= 0.6 is 0 Å². The van der Waals surface area contributed by atoms with Gasteiger partial charge in [0.15, 0.2) is 0 Å². The number of methoxy groups -OCH3 is 1. The minimum absolute atomic E-state index is 0.145. The van der Waals surface area contributed by atoms with E-state index in [0.717, 1.165) is 24.9 Å². The first kappa shape index (κ1) is 12.1. The van der Waals surface area contributed by atoms with Crippen molar-refractivity contribution >= 4 is 5.97 Å². The summed E-state index contributed by atoms with van der Waals surface area (Å²) in [4.78, 5) is 11.9. The molecule has 2 atom stereocenters. The van der Waals surface area contributed by atoms with Gasteiger partial charge in [0.05, 0.1) is 13.0 Å². The average Bonchev–Trinajstić information content (AvgIpc) is 2.85. The zero-order valence-corrected chi connectivity index (χ0v) is 10.4. The zero-order valence-electron chi connectivity index (χ0n) is 10.4. The van der Waals surface area contributed by atoms with Crippen molar-refractivity contribution in [3.8, 4) is 0 Å². The Bertz CT molecular complexity index is 380. The number of ether oxygens (including phenoxy) is 1. The minimum Gasteiger partial charge on any atom is -0.469 e. The third-order valence-corrected chi connectivity index (χ3v) is 3.39. The molecule has 1 aromatic rings. The molecule has 0 saturated carbocycles. The molecule has 0 aromatic heterocycles. The van der Waals surface area contributed by atoms with Crippen LogP contribution in [-0.2, 0) is 9.53 Å². The summed E-state index contributed by atoms with van der Waals surface area (Å²) >= 11 is 0. The standard InChI is InChI=1S/C14H19NO2/c1-10-5-7-11(8-6-10)13(14(16)17-2)12-4-3-9-15-12/h5-8,12-13,15H,3-4,9H2,1-2H3/t12-,13-/m1/s1. The zero-order chi connectivity index (χ0) is 12.3. The maximum atomic E-state index is 11.9. The minimum atomic E-state index is -0.178. The molecule has 0 unspecified atom stereocenters. The van der Waals surface area contributed by atoms with Crippen LogP contribution in [0.25, 0.3) is 0 Å². The highest BCUT2D eigenvalue weighted by Gasteiger charge is 2.32. The molecule has 3 heteroatoms. The second-order valence-corrected chi connectivity index (χ2v) is 4.61. The largest absolute Gasteiger partial charge is 0.469 e. The quantitative estimate of drug-likeness (QED) is 0.812. The summed E-state index contributed by atoms with van der Waals surface area (Å²) < 4.78 is 4.93. The average molecular weight is 233 g/mol. The van der Waals surface area contributed by atoms with Gasteiger partial charge in [-0.25, -0.2) is 0 Å². The lowest BCUT2D eigenvalue weighted by Gasteiger charge is -2.21. The van der Waals surface area contributed by atoms with Gasteiger partial charge >= 0.3 is 5.97 Å². The van der Waals surface area contributed by atoms with E-state index in [2.05, 4.69) is 5.32 Å². The van der Waals surface area contributed by atoms with E-state index in [1.54, 1.807) is 0 Å². The molecule has 1 heterocycles. The van der Waals surface area contributed by atoms with Gasteiger partial charge in [0, 0.05) is 6.04 Å². The van der Waals surface area contributed by atoms with Crippen molar-refractivity contribution < 1.29 is 9.53 Å². The fourth-order valence-corrected chi connectivity index (χ4v) is 2.43. The van der Waals surface area contributed by atoms with Crippen molar-refractivity contribution in [2.75, 3.05) is 13.7 Å². The van der Waals surface area contributed by atoms with E-state index in [-0.39, 0.29) is 17.9 Å². The van der Waals surface area contributed by atoms with Crippen LogP contribution in [-0.4, -0.2) is 25.7 Å². The van der Waals surface area contributed by atoms with E-state index in [9.17, 15) is 4.79 Å². The fourth-order valence-electron chi connectivity index (χ4n) is 2.43. The molecule has 1 saturated heterocycles. The van der Waals surface area contributed by atoms with Crippen molar-refractivity contribution in [2.45, 2.75) is 31.7 Å². The Hall–Kier alpha value is -1.35. The van der Waals surface area contributed by atoms with Crippen molar-refractivity contribution in [3.05, 3.63) is 35.4 Å². The fraction of sp³-hybridized carbons (Fsp3) is 0.500. The lowest BCUT2D eigenvalue weighted by Crippen LogP contribution is -2.34. The maximum absolute atomic E-state index is 11.9. The van der Waals surface area contributed by atoms with Crippen LogP contribution in [0.1, 0.15) is 29.9 Å². The Morgan fingerprint density at radius 3 is 2.65 bits per heavy atom. The van der Waals surface area contributed by atoms with Gasteiger partial charge in [0.2, 0.25) is 0 Å². The molecule has 0 spiro atoms. The molecule has 0 amide bonds. The van der Waals surface area contributed by atoms with E-state index >= 15 is 0 Å². The van der Waals surface area contributed by atoms with Gasteiger partial charge in [-0.15, -0.1) is 0 Å². The molecule has 0 bridgehead atoms. The molecule has 0 radical (unpaired) electrons. The number of rotatable bonds is 3. The van der Waals surface area contributed by atoms with Gasteiger partial charge < -0.3 is 10.1 Å². The number of benzene rings is 1. The Morgan fingerprint density at radius 2 is 2.12 bits per heavy atom. The van der Waals surface area contributed by atoms with E-state index in [4.69, 9.17) is 4.74 Å². The molecule has 1 N–H and O–H groups in total. The van der Waals surface area contributed by atoms with Crippen LogP contribution < -0.4 is 5.32 Å². The van der Waals surface area contributed by atoms with Crippen LogP contribution in [0.4, 0.5) is 0 Å². The number of carbonyl (C=O) groups excluding carboxylic acids is 1. The van der Waals surface area contributed by atoms with Crippen LogP contribution in [0.15, 0.2) is 24.3 Å². The van der Waals surface area contributed by atoms with Crippen molar-refractivity contribution in [1.82, 2.24) is 5.32 Å². The Labute approximate surface area is 102 Å². The number of nitrogens with one attached hydrogen (secondary N) is 1. The second kappa shape index (κ2) is 5.32. The second-order valence-electron chi connectivity index (χ2n) is 4.61. The van der Waals surface area contributed by atoms with E-state index in [0.29, 0.717) is 0 Å². The molecular weight excluding hydrogens is 214 g/mol. The van der Waals surface area contributed by atoms with E-state index in [1.807, 2.05) is 31.2 Å². The highest BCUT2D eigenvalue weighted by Crippen LogP contribution is 2.26. The molecule has 0 aliphatic carbocycles. The molecule has 1 aliphatic rings. The van der Waals surface area contributed by atoms with Crippen molar-refractivity contribution in [1.29, 1.82) is 0 Å². The van der Waals surface area contributed by atoms with Crippen LogP contribution in [0.2, 0.25) is 0 Å². The Morgan fingerprint density at radius 1 is 1.41 bits per heavy atom. The highest BCUT2D eigenvalue weighted by atomic mass is 16.5. The third kappa shape index (κ3) is 2.67. The predicted molar refractivity (Wildman–Crippen MR) is 67.0 cm³/mol. The number of hydrogen-bond acceptors (Lipinski definition) is 3. The van der Waals surface area contributed by atoms with Gasteiger partial charge in [-0.05, 0) is 31.9 Å². The molecular formula is C14H19NO2. The Kier molecular flexibility index (Phi) is 3.79. The van der Waals surface area contributed by atoms with Gasteiger partial charge in [0.25, 0.3) is 0 Å². The molecule has 1 aliphatic heterocycles. The maximum Gasteiger partial charge on any atom is 0.314 e. The van der Waals surface area contributed by atoms with E-state index in [1.165, 1.54) is 12.7 Å². The molecule has 92 valence electrons. The summed E-state index contributed by atoms with van der Waals surface area (Å²) in [7, 11) is 1.46. The van der Waals surface area contributed by atoms with Gasteiger partial charge in [0.1, 0.15) is 0 Å². The monoisotopic (exact) mass is 233 g/mol.